The molecule has 2 amide bonds. The molecule has 0 aliphatic heterocycles. The highest BCUT2D eigenvalue weighted by Crippen LogP contribution is 2.13. The summed E-state index contributed by atoms with van der Waals surface area (Å²) in [5.41, 5.74) is 2.75. The van der Waals surface area contributed by atoms with Crippen LogP contribution < -0.4 is 10.6 Å². The molecule has 0 aliphatic rings. The molecular formula is C15H22N2O3. The van der Waals surface area contributed by atoms with Gasteiger partial charge in [-0.25, -0.2) is 0 Å². The number of carbonyl (C=O) groups is 2. The van der Waals surface area contributed by atoms with Crippen LogP contribution in [0.3, 0.4) is 0 Å². The Bertz CT molecular complexity index is 486. The quantitative estimate of drug-likeness (QED) is 0.715. The number of carbonyl (C=O) groups excluding carboxylic acids is 2. The van der Waals surface area contributed by atoms with Crippen molar-refractivity contribution >= 4 is 17.5 Å². The summed E-state index contributed by atoms with van der Waals surface area (Å²) in [5, 5.41) is 14.4. The number of aliphatic hydroxyl groups is 1. The lowest BCUT2D eigenvalue weighted by Crippen LogP contribution is -2.39. The molecule has 0 heterocycles. The largest absolute Gasteiger partial charge is 0.391 e. The van der Waals surface area contributed by atoms with Crippen LogP contribution in [0.25, 0.3) is 0 Å². The minimum absolute atomic E-state index is 0.0903. The van der Waals surface area contributed by atoms with Crippen LogP contribution in [0.4, 0.5) is 5.69 Å². The molecule has 0 saturated carbocycles. The minimum atomic E-state index is -0.738. The van der Waals surface area contributed by atoms with E-state index in [0.717, 1.165) is 17.5 Å². The number of aliphatic hydroxyl groups excluding tert-OH is 1. The number of anilines is 1. The van der Waals surface area contributed by atoms with Gasteiger partial charge in [0.05, 0.1) is 6.10 Å². The van der Waals surface area contributed by atoms with Gasteiger partial charge >= 0.3 is 11.8 Å². The van der Waals surface area contributed by atoms with Gasteiger partial charge in [-0.15, -0.1) is 0 Å². The van der Waals surface area contributed by atoms with E-state index in [1.165, 1.54) is 0 Å². The van der Waals surface area contributed by atoms with E-state index in [1.54, 1.807) is 6.07 Å². The van der Waals surface area contributed by atoms with Crippen LogP contribution in [0.1, 0.15) is 30.9 Å². The summed E-state index contributed by atoms with van der Waals surface area (Å²) >= 11 is 0. The molecule has 5 nitrogen and oxygen atoms in total. The molecule has 0 fully saturated rings. The van der Waals surface area contributed by atoms with Gasteiger partial charge in [0, 0.05) is 12.2 Å². The van der Waals surface area contributed by atoms with E-state index in [4.69, 9.17) is 0 Å². The number of aryl methyl sites for hydroxylation is 2. The fraction of sp³-hybridized carbons (Fsp3) is 0.467. The third-order valence-electron chi connectivity index (χ3n) is 3.09. The van der Waals surface area contributed by atoms with Crippen molar-refractivity contribution in [2.45, 2.75) is 39.7 Å². The van der Waals surface area contributed by atoms with E-state index in [2.05, 4.69) is 10.6 Å². The number of nitrogens with one attached hydrogen (secondary N) is 2. The number of hydrogen-bond acceptors (Lipinski definition) is 3. The highest BCUT2D eigenvalue weighted by Gasteiger charge is 2.15. The van der Waals surface area contributed by atoms with Gasteiger partial charge in [0.15, 0.2) is 0 Å². The predicted octanol–water partition coefficient (Wildman–Crippen LogP) is 1.52. The smallest absolute Gasteiger partial charge is 0.313 e. The van der Waals surface area contributed by atoms with Crippen LogP contribution in [0, 0.1) is 13.8 Å². The van der Waals surface area contributed by atoms with Gasteiger partial charge in [0.1, 0.15) is 0 Å². The Labute approximate surface area is 119 Å². The normalized spacial score (nSPS) is 11.8. The highest BCUT2D eigenvalue weighted by atomic mass is 16.3. The monoisotopic (exact) mass is 278 g/mol. The molecule has 1 aromatic carbocycles. The first-order valence-corrected chi connectivity index (χ1v) is 6.78. The van der Waals surface area contributed by atoms with Crippen LogP contribution in [0.2, 0.25) is 0 Å². The summed E-state index contributed by atoms with van der Waals surface area (Å²) < 4.78 is 0. The van der Waals surface area contributed by atoms with Gasteiger partial charge in [-0.05, 0) is 43.5 Å². The van der Waals surface area contributed by atoms with E-state index >= 15 is 0 Å². The molecule has 5 heteroatoms. The minimum Gasteiger partial charge on any atom is -0.391 e. The summed E-state index contributed by atoms with van der Waals surface area (Å²) in [7, 11) is 0. The van der Waals surface area contributed by atoms with E-state index < -0.39 is 17.9 Å². The molecule has 3 N–H and O–H groups in total. The Morgan fingerprint density at radius 1 is 1.20 bits per heavy atom. The molecule has 1 rings (SSSR count). The van der Waals surface area contributed by atoms with Gasteiger partial charge in [0.2, 0.25) is 0 Å². The van der Waals surface area contributed by atoms with Gasteiger partial charge in [-0.3, -0.25) is 9.59 Å². The van der Waals surface area contributed by atoms with Crippen molar-refractivity contribution in [1.29, 1.82) is 0 Å². The summed E-state index contributed by atoms with van der Waals surface area (Å²) in [5.74, 6) is -1.46. The average molecular weight is 278 g/mol. The first-order chi connectivity index (χ1) is 9.43. The summed E-state index contributed by atoms with van der Waals surface area (Å²) in [6, 6.07) is 5.44. The number of amides is 2. The zero-order valence-corrected chi connectivity index (χ0v) is 12.2. The van der Waals surface area contributed by atoms with Gasteiger partial charge < -0.3 is 15.7 Å². The van der Waals surface area contributed by atoms with Crippen LogP contribution in [0.15, 0.2) is 18.2 Å². The fourth-order valence-corrected chi connectivity index (χ4v) is 1.73. The molecule has 0 bridgehead atoms. The molecule has 1 atom stereocenters. The predicted molar refractivity (Wildman–Crippen MR) is 78.5 cm³/mol. The van der Waals surface area contributed by atoms with Crippen molar-refractivity contribution in [3.05, 3.63) is 29.3 Å². The first kappa shape index (κ1) is 16.2. The molecule has 0 radical (unpaired) electrons. The molecule has 1 aromatic rings. The van der Waals surface area contributed by atoms with Crippen LogP contribution in [0.5, 0.6) is 0 Å². The lowest BCUT2D eigenvalue weighted by atomic mass is 10.1. The second kappa shape index (κ2) is 7.65. The molecule has 0 aliphatic carbocycles. The fourth-order valence-electron chi connectivity index (χ4n) is 1.73. The van der Waals surface area contributed by atoms with Crippen molar-refractivity contribution in [2.24, 2.45) is 0 Å². The second-order valence-corrected chi connectivity index (χ2v) is 4.91. The zero-order valence-electron chi connectivity index (χ0n) is 12.2. The Morgan fingerprint density at radius 2 is 1.90 bits per heavy atom. The Morgan fingerprint density at radius 3 is 2.50 bits per heavy atom. The zero-order chi connectivity index (χ0) is 15.1. The standard InChI is InChI=1S/C15H22N2O3/c1-4-5-13(18)9-16-14(19)15(20)17-12-7-6-10(2)11(3)8-12/h6-8,13,18H,4-5,9H2,1-3H3,(H,16,19)(H,17,20). The van der Waals surface area contributed by atoms with Crippen LogP contribution in [-0.4, -0.2) is 29.6 Å². The average Bonchev–Trinajstić information content (AvgIpc) is 2.40. The lowest BCUT2D eigenvalue weighted by molar-refractivity contribution is -0.136. The molecule has 0 aromatic heterocycles. The van der Waals surface area contributed by atoms with Crippen molar-refractivity contribution in [3.8, 4) is 0 Å². The van der Waals surface area contributed by atoms with Crippen LogP contribution >= 0.6 is 0 Å². The summed E-state index contributed by atoms with van der Waals surface area (Å²) in [6.07, 6.45) is 0.809. The molecule has 110 valence electrons. The number of rotatable bonds is 5. The third kappa shape index (κ3) is 5.01. The Balaban J connectivity index is 2.49. The van der Waals surface area contributed by atoms with E-state index in [-0.39, 0.29) is 6.54 Å². The van der Waals surface area contributed by atoms with Crippen LogP contribution in [-0.2, 0) is 9.59 Å². The topological polar surface area (TPSA) is 78.4 Å². The molecule has 1 unspecified atom stereocenters. The van der Waals surface area contributed by atoms with Crippen molar-refractivity contribution in [1.82, 2.24) is 5.32 Å². The molecule has 20 heavy (non-hydrogen) atoms. The maximum absolute atomic E-state index is 11.7. The number of hydrogen-bond donors (Lipinski definition) is 3. The third-order valence-corrected chi connectivity index (χ3v) is 3.09. The maximum atomic E-state index is 11.7. The second-order valence-electron chi connectivity index (χ2n) is 4.91. The first-order valence-electron chi connectivity index (χ1n) is 6.78. The Kier molecular flexibility index (Phi) is 6.18. The van der Waals surface area contributed by atoms with Crippen molar-refractivity contribution in [2.75, 3.05) is 11.9 Å². The van der Waals surface area contributed by atoms with E-state index in [9.17, 15) is 14.7 Å². The molecule has 0 saturated heterocycles. The van der Waals surface area contributed by atoms with E-state index in [0.29, 0.717) is 12.1 Å². The lowest BCUT2D eigenvalue weighted by Gasteiger charge is -2.11. The van der Waals surface area contributed by atoms with Gasteiger partial charge in [0.25, 0.3) is 0 Å². The molecule has 0 spiro atoms. The molecular weight excluding hydrogens is 256 g/mol. The van der Waals surface area contributed by atoms with Crippen molar-refractivity contribution in [3.63, 3.8) is 0 Å². The van der Waals surface area contributed by atoms with E-state index in [1.807, 2.05) is 32.9 Å². The van der Waals surface area contributed by atoms with Gasteiger partial charge in [-0.1, -0.05) is 19.4 Å². The highest BCUT2D eigenvalue weighted by molar-refractivity contribution is 6.39. The SMILES string of the molecule is CCCC(O)CNC(=O)C(=O)Nc1ccc(C)c(C)c1. The van der Waals surface area contributed by atoms with Gasteiger partial charge in [-0.2, -0.15) is 0 Å². The summed E-state index contributed by atoms with van der Waals surface area (Å²) in [4.78, 5) is 23.2. The summed E-state index contributed by atoms with van der Waals surface area (Å²) in [6.45, 7) is 5.94. The number of benzene rings is 1. The maximum Gasteiger partial charge on any atom is 0.313 e. The van der Waals surface area contributed by atoms with Crippen molar-refractivity contribution < 1.29 is 14.7 Å². The Hall–Kier alpha value is -1.88.